The van der Waals surface area contributed by atoms with Crippen LogP contribution in [0.15, 0.2) is 57.8 Å². The molecule has 2 rings (SSSR count). The molecule has 0 unspecified atom stereocenters. The fourth-order valence-electron chi connectivity index (χ4n) is 1.69. The molecule has 0 saturated carbocycles. The van der Waals surface area contributed by atoms with Crippen LogP contribution >= 0.6 is 0 Å². The molecule has 2 aromatic rings. The summed E-state index contributed by atoms with van der Waals surface area (Å²) in [5.74, 6) is 0. The molecule has 110 valence electrons. The minimum absolute atomic E-state index is 0.123. The third kappa shape index (κ3) is 3.82. The highest BCUT2D eigenvalue weighted by Crippen LogP contribution is 2.15. The van der Waals surface area contributed by atoms with Gasteiger partial charge in [-0.05, 0) is 42.0 Å². The maximum atomic E-state index is 12.0. The molecule has 0 aliphatic heterocycles. The molecule has 0 saturated heterocycles. The fourth-order valence-corrected chi connectivity index (χ4v) is 2.55. The van der Waals surface area contributed by atoms with Gasteiger partial charge in [0.2, 0.25) is 0 Å². The second-order valence-electron chi connectivity index (χ2n) is 4.76. The molecule has 6 heteroatoms. The van der Waals surface area contributed by atoms with Gasteiger partial charge < -0.3 is 10.6 Å². The topological polar surface area (TPSA) is 75.8 Å². The Morgan fingerprint density at radius 2 is 1.57 bits per heavy atom. The maximum absolute atomic E-state index is 12.0. The van der Waals surface area contributed by atoms with E-state index in [1.807, 2.05) is 43.3 Å². The van der Waals surface area contributed by atoms with Crippen molar-refractivity contribution in [2.45, 2.75) is 4.90 Å². The van der Waals surface area contributed by atoms with Crippen molar-refractivity contribution in [3.63, 3.8) is 0 Å². The first kappa shape index (κ1) is 15.1. The summed E-state index contributed by atoms with van der Waals surface area (Å²) in [6, 6.07) is 13.4. The van der Waals surface area contributed by atoms with Crippen LogP contribution in [0.2, 0.25) is 0 Å². The Kier molecular flexibility index (Phi) is 4.28. The van der Waals surface area contributed by atoms with Crippen molar-refractivity contribution in [2.75, 3.05) is 24.7 Å². The Bertz CT molecular complexity index is 733. The van der Waals surface area contributed by atoms with Gasteiger partial charge in [0.1, 0.15) is 0 Å². The molecule has 0 aliphatic carbocycles. The summed E-state index contributed by atoms with van der Waals surface area (Å²) in [5.41, 5.74) is 7.81. The van der Waals surface area contributed by atoms with E-state index in [4.69, 9.17) is 5.73 Å². The molecule has 0 radical (unpaired) electrons. The summed E-state index contributed by atoms with van der Waals surface area (Å²) in [6.45, 7) is 0. The molecule has 0 atom stereocenters. The van der Waals surface area contributed by atoms with E-state index in [-0.39, 0.29) is 4.90 Å². The second-order valence-corrected chi connectivity index (χ2v) is 6.40. The molecule has 0 aromatic heterocycles. The molecule has 0 spiro atoms. The van der Waals surface area contributed by atoms with Crippen LogP contribution < -0.4 is 10.6 Å². The van der Waals surface area contributed by atoms with Crippen molar-refractivity contribution < 1.29 is 8.42 Å². The Balaban J connectivity index is 2.21. The van der Waals surface area contributed by atoms with Crippen LogP contribution in [0.4, 0.5) is 11.4 Å². The highest BCUT2D eigenvalue weighted by Gasteiger charge is 2.10. The van der Waals surface area contributed by atoms with E-state index in [2.05, 4.69) is 4.40 Å². The van der Waals surface area contributed by atoms with Gasteiger partial charge in [-0.3, -0.25) is 0 Å². The lowest BCUT2D eigenvalue weighted by molar-refractivity contribution is 0.598. The number of rotatable bonds is 4. The van der Waals surface area contributed by atoms with E-state index >= 15 is 0 Å². The minimum atomic E-state index is -3.70. The summed E-state index contributed by atoms with van der Waals surface area (Å²) < 4.78 is 27.8. The van der Waals surface area contributed by atoms with Gasteiger partial charge in [-0.15, -0.1) is 0 Å². The monoisotopic (exact) mass is 303 g/mol. The second kappa shape index (κ2) is 5.97. The number of sulfonamides is 1. The summed E-state index contributed by atoms with van der Waals surface area (Å²) in [6.07, 6.45) is 1.34. The molecular weight excluding hydrogens is 286 g/mol. The molecule has 0 aliphatic rings. The van der Waals surface area contributed by atoms with Crippen molar-refractivity contribution in [3.05, 3.63) is 54.1 Å². The Morgan fingerprint density at radius 1 is 1.00 bits per heavy atom. The fraction of sp³-hybridized carbons (Fsp3) is 0.133. The molecule has 0 heterocycles. The van der Waals surface area contributed by atoms with Crippen LogP contribution in [0.25, 0.3) is 0 Å². The zero-order valence-electron chi connectivity index (χ0n) is 11.9. The zero-order chi connectivity index (χ0) is 15.5. The van der Waals surface area contributed by atoms with E-state index in [0.717, 1.165) is 11.3 Å². The molecule has 5 nitrogen and oxygen atoms in total. The number of nitrogens with zero attached hydrogens (tertiary/aromatic N) is 2. The number of nitrogens with two attached hydrogens (primary N) is 1. The maximum Gasteiger partial charge on any atom is 0.282 e. The van der Waals surface area contributed by atoms with E-state index in [1.54, 1.807) is 0 Å². The molecule has 2 aromatic carbocycles. The van der Waals surface area contributed by atoms with E-state index in [1.165, 1.54) is 30.5 Å². The van der Waals surface area contributed by atoms with Crippen LogP contribution in [0.5, 0.6) is 0 Å². The molecule has 0 fully saturated rings. The van der Waals surface area contributed by atoms with E-state index in [0.29, 0.717) is 5.69 Å². The van der Waals surface area contributed by atoms with Crippen LogP contribution in [-0.4, -0.2) is 28.7 Å². The summed E-state index contributed by atoms with van der Waals surface area (Å²) >= 11 is 0. The predicted octanol–water partition coefficient (Wildman–Crippen LogP) is 2.14. The first-order valence-corrected chi connectivity index (χ1v) is 7.76. The van der Waals surface area contributed by atoms with Crippen molar-refractivity contribution in [1.82, 2.24) is 0 Å². The van der Waals surface area contributed by atoms with Crippen molar-refractivity contribution in [3.8, 4) is 0 Å². The van der Waals surface area contributed by atoms with Gasteiger partial charge in [0.15, 0.2) is 0 Å². The van der Waals surface area contributed by atoms with Gasteiger partial charge in [-0.25, -0.2) is 0 Å². The van der Waals surface area contributed by atoms with Gasteiger partial charge in [0.05, 0.1) is 4.90 Å². The highest BCUT2D eigenvalue weighted by atomic mass is 32.2. The predicted molar refractivity (Wildman–Crippen MR) is 86.4 cm³/mol. The van der Waals surface area contributed by atoms with Crippen molar-refractivity contribution >= 4 is 27.6 Å². The quantitative estimate of drug-likeness (QED) is 0.693. The summed E-state index contributed by atoms with van der Waals surface area (Å²) in [5, 5.41) is 0. The lowest BCUT2D eigenvalue weighted by Crippen LogP contribution is -2.08. The molecule has 21 heavy (non-hydrogen) atoms. The number of benzene rings is 2. The van der Waals surface area contributed by atoms with Gasteiger partial charge in [0.25, 0.3) is 10.0 Å². The van der Waals surface area contributed by atoms with E-state index < -0.39 is 10.0 Å². The number of hydrogen-bond donors (Lipinski definition) is 1. The summed E-state index contributed by atoms with van der Waals surface area (Å²) in [4.78, 5) is 2.09. The zero-order valence-corrected chi connectivity index (χ0v) is 12.7. The van der Waals surface area contributed by atoms with Crippen LogP contribution in [0, 0.1) is 0 Å². The smallest absolute Gasteiger partial charge is 0.282 e. The first-order valence-electron chi connectivity index (χ1n) is 6.32. The normalized spacial score (nSPS) is 11.7. The molecule has 0 bridgehead atoms. The van der Waals surface area contributed by atoms with Gasteiger partial charge in [-0.1, -0.05) is 12.1 Å². The van der Waals surface area contributed by atoms with Crippen LogP contribution in [-0.2, 0) is 10.0 Å². The largest absolute Gasteiger partial charge is 0.399 e. The Labute approximate surface area is 124 Å². The molecule has 2 N–H and O–H groups in total. The number of hydrogen-bond acceptors (Lipinski definition) is 4. The number of nitrogen functional groups attached to an aromatic ring is 1. The average molecular weight is 303 g/mol. The van der Waals surface area contributed by atoms with Gasteiger partial charge >= 0.3 is 0 Å². The van der Waals surface area contributed by atoms with Crippen molar-refractivity contribution in [2.24, 2.45) is 4.40 Å². The lowest BCUT2D eigenvalue weighted by Gasteiger charge is -2.11. The van der Waals surface area contributed by atoms with Crippen molar-refractivity contribution in [1.29, 1.82) is 0 Å². The molecular formula is C15H17N3O2S. The summed E-state index contributed by atoms with van der Waals surface area (Å²) in [7, 11) is 0.180. The molecule has 0 amide bonds. The van der Waals surface area contributed by atoms with Crippen LogP contribution in [0.3, 0.4) is 0 Å². The Morgan fingerprint density at radius 3 is 2.10 bits per heavy atom. The van der Waals surface area contributed by atoms with E-state index in [9.17, 15) is 8.42 Å². The van der Waals surface area contributed by atoms with Gasteiger partial charge in [-0.2, -0.15) is 12.8 Å². The average Bonchev–Trinajstić information content (AvgIpc) is 2.46. The van der Waals surface area contributed by atoms with Gasteiger partial charge in [0, 0.05) is 31.7 Å². The Hall–Kier alpha value is -2.34. The first-order chi connectivity index (χ1) is 9.88. The third-order valence-electron chi connectivity index (χ3n) is 2.93. The standard InChI is InChI=1S/C15H17N3O2S/c1-18(2)14-7-3-12(4-8-14)11-17-21(19,20)15-9-5-13(16)6-10-15/h3-11H,16H2,1-2H3. The minimum Gasteiger partial charge on any atom is -0.399 e. The highest BCUT2D eigenvalue weighted by molar-refractivity contribution is 7.90. The van der Waals surface area contributed by atoms with Crippen LogP contribution in [0.1, 0.15) is 5.56 Å². The number of anilines is 2. The lowest BCUT2D eigenvalue weighted by atomic mass is 10.2. The SMILES string of the molecule is CN(C)c1ccc(C=NS(=O)(=O)c2ccc(N)cc2)cc1. The third-order valence-corrected chi connectivity index (χ3v) is 4.18.